The van der Waals surface area contributed by atoms with Gasteiger partial charge in [0.05, 0.1) is 31.5 Å². The van der Waals surface area contributed by atoms with Crippen LogP contribution in [0.5, 0.6) is 17.4 Å². The molecule has 0 bridgehead atoms. The van der Waals surface area contributed by atoms with E-state index in [2.05, 4.69) is 54.2 Å². The maximum atomic E-state index is 9.05. The van der Waals surface area contributed by atoms with Gasteiger partial charge in [0.25, 0.3) is 0 Å². The number of benzene rings is 2. The van der Waals surface area contributed by atoms with Gasteiger partial charge in [0.1, 0.15) is 17.3 Å². The van der Waals surface area contributed by atoms with Gasteiger partial charge in [-0.05, 0) is 62.6 Å². The van der Waals surface area contributed by atoms with Crippen molar-refractivity contribution in [1.82, 2.24) is 9.88 Å². The van der Waals surface area contributed by atoms with Crippen LogP contribution in [0.15, 0.2) is 48.5 Å². The normalized spacial score (nSPS) is 13.8. The molecule has 7 nitrogen and oxygen atoms in total. The van der Waals surface area contributed by atoms with Crippen molar-refractivity contribution in [3.63, 3.8) is 0 Å². The summed E-state index contributed by atoms with van der Waals surface area (Å²) in [7, 11) is 0. The minimum Gasteiger partial charge on any atom is -0.477 e. The van der Waals surface area contributed by atoms with Crippen LogP contribution in [0, 0.1) is 32.1 Å². The maximum Gasteiger partial charge on any atom is 0.218 e. The minimum atomic E-state index is 0.503. The third-order valence-electron chi connectivity index (χ3n) is 5.86. The second-order valence-corrected chi connectivity index (χ2v) is 8.83. The van der Waals surface area contributed by atoms with Crippen molar-refractivity contribution in [3.05, 3.63) is 70.8 Å². The molecule has 2 aromatic carbocycles. The molecular weight excluding hydrogens is 440 g/mol. The fourth-order valence-corrected chi connectivity index (χ4v) is 4.19. The lowest BCUT2D eigenvalue weighted by Gasteiger charge is -2.26. The Bertz CT molecular complexity index is 1160. The molecule has 1 aliphatic heterocycles. The Morgan fingerprint density at radius 3 is 2.43 bits per heavy atom. The van der Waals surface area contributed by atoms with E-state index in [1.165, 1.54) is 5.56 Å². The first-order valence-electron chi connectivity index (χ1n) is 12.0. The number of pyridine rings is 1. The smallest absolute Gasteiger partial charge is 0.218 e. The summed E-state index contributed by atoms with van der Waals surface area (Å²) in [6, 6.07) is 17.3. The minimum absolute atomic E-state index is 0.503. The van der Waals surface area contributed by atoms with Gasteiger partial charge < -0.3 is 19.5 Å². The molecule has 1 saturated heterocycles. The lowest BCUT2D eigenvalue weighted by atomic mass is 10.1. The van der Waals surface area contributed by atoms with Gasteiger partial charge in [0.2, 0.25) is 5.88 Å². The average molecular weight is 473 g/mol. The fourth-order valence-electron chi connectivity index (χ4n) is 4.19. The number of morpholine rings is 1. The summed E-state index contributed by atoms with van der Waals surface area (Å²) in [4.78, 5) is 7.03. The molecule has 0 unspecified atom stereocenters. The van der Waals surface area contributed by atoms with E-state index in [9.17, 15) is 0 Å². The Balaban J connectivity index is 1.51. The monoisotopic (exact) mass is 472 g/mol. The highest BCUT2D eigenvalue weighted by molar-refractivity contribution is 5.60. The molecule has 1 fully saturated rings. The second-order valence-electron chi connectivity index (χ2n) is 8.83. The van der Waals surface area contributed by atoms with Crippen molar-refractivity contribution in [2.75, 3.05) is 44.8 Å². The third-order valence-corrected chi connectivity index (χ3v) is 5.86. The van der Waals surface area contributed by atoms with Crippen LogP contribution in [0.1, 0.15) is 28.7 Å². The number of hydrogen-bond donors (Lipinski definition) is 1. The van der Waals surface area contributed by atoms with Gasteiger partial charge in [-0.1, -0.05) is 17.7 Å². The van der Waals surface area contributed by atoms with E-state index in [0.717, 1.165) is 61.8 Å². The summed E-state index contributed by atoms with van der Waals surface area (Å²) in [5.74, 6) is 2.60. The lowest BCUT2D eigenvalue weighted by molar-refractivity contribution is 0.0357. The Morgan fingerprint density at radius 2 is 1.74 bits per heavy atom. The topological polar surface area (TPSA) is 79.6 Å². The van der Waals surface area contributed by atoms with Gasteiger partial charge >= 0.3 is 0 Å². The van der Waals surface area contributed by atoms with Crippen LogP contribution in [-0.4, -0.2) is 49.3 Å². The highest BCUT2D eigenvalue weighted by Gasteiger charge is 2.12. The van der Waals surface area contributed by atoms with Crippen molar-refractivity contribution >= 4 is 11.5 Å². The van der Waals surface area contributed by atoms with Crippen LogP contribution in [-0.2, 0) is 4.74 Å². The number of aryl methyl sites for hydroxylation is 3. The van der Waals surface area contributed by atoms with Crippen molar-refractivity contribution in [2.24, 2.45) is 0 Å². The van der Waals surface area contributed by atoms with Gasteiger partial charge in [-0.15, -0.1) is 0 Å². The molecule has 3 aromatic rings. The summed E-state index contributed by atoms with van der Waals surface area (Å²) >= 11 is 0. The van der Waals surface area contributed by atoms with Crippen molar-refractivity contribution in [2.45, 2.75) is 27.2 Å². The predicted octanol–water partition coefficient (Wildman–Crippen LogP) is 5.52. The van der Waals surface area contributed by atoms with E-state index in [0.29, 0.717) is 29.6 Å². The highest BCUT2D eigenvalue weighted by Crippen LogP contribution is 2.33. The molecule has 0 amide bonds. The van der Waals surface area contributed by atoms with Crippen LogP contribution < -0.4 is 14.8 Å². The van der Waals surface area contributed by atoms with Crippen LogP contribution >= 0.6 is 0 Å². The summed E-state index contributed by atoms with van der Waals surface area (Å²) in [6.07, 6.45) is 0.904. The van der Waals surface area contributed by atoms with E-state index in [1.54, 1.807) is 12.1 Å². The standard InChI is InChI=1S/C28H32N4O3/c1-20-15-21(2)28(22(3)16-20)35-25-17-26(30-24-7-5-23(19-29)6-8-24)31-27(18-25)34-12-4-9-32-10-13-33-14-11-32/h5-8,15-18H,4,9-14H2,1-3H3,(H,30,31). The number of nitrogens with zero attached hydrogens (tertiary/aromatic N) is 3. The summed E-state index contributed by atoms with van der Waals surface area (Å²) < 4.78 is 17.8. The fraction of sp³-hybridized carbons (Fsp3) is 0.357. The molecule has 0 aliphatic carbocycles. The first-order valence-corrected chi connectivity index (χ1v) is 12.0. The van der Waals surface area contributed by atoms with Crippen molar-refractivity contribution in [1.29, 1.82) is 5.26 Å². The molecule has 0 radical (unpaired) electrons. The molecule has 7 heteroatoms. The zero-order valence-electron chi connectivity index (χ0n) is 20.6. The zero-order valence-corrected chi connectivity index (χ0v) is 20.6. The second kappa shape index (κ2) is 11.7. The number of hydrogen-bond acceptors (Lipinski definition) is 7. The first-order chi connectivity index (χ1) is 17.0. The van der Waals surface area contributed by atoms with E-state index >= 15 is 0 Å². The van der Waals surface area contributed by atoms with Crippen LogP contribution in [0.3, 0.4) is 0 Å². The van der Waals surface area contributed by atoms with Gasteiger partial charge in [0, 0.05) is 37.5 Å². The molecule has 0 spiro atoms. The van der Waals surface area contributed by atoms with Crippen LogP contribution in [0.25, 0.3) is 0 Å². The molecule has 1 aromatic heterocycles. The average Bonchev–Trinajstić information content (AvgIpc) is 2.85. The number of nitriles is 1. The molecule has 0 atom stereocenters. The van der Waals surface area contributed by atoms with Gasteiger partial charge in [-0.2, -0.15) is 10.2 Å². The van der Waals surface area contributed by atoms with Crippen molar-refractivity contribution < 1.29 is 14.2 Å². The quantitative estimate of drug-likeness (QED) is 0.411. The largest absolute Gasteiger partial charge is 0.477 e. The molecule has 182 valence electrons. The summed E-state index contributed by atoms with van der Waals surface area (Å²) in [6.45, 7) is 11.2. The number of ether oxygens (including phenoxy) is 3. The lowest BCUT2D eigenvalue weighted by Crippen LogP contribution is -2.37. The van der Waals surface area contributed by atoms with E-state index in [4.69, 9.17) is 19.5 Å². The number of anilines is 2. The zero-order chi connectivity index (χ0) is 24.6. The van der Waals surface area contributed by atoms with Gasteiger partial charge in [0.15, 0.2) is 0 Å². The van der Waals surface area contributed by atoms with E-state index < -0.39 is 0 Å². The summed E-state index contributed by atoms with van der Waals surface area (Å²) in [5, 5.41) is 12.4. The van der Waals surface area contributed by atoms with Gasteiger partial charge in [-0.25, -0.2) is 0 Å². The highest BCUT2D eigenvalue weighted by atomic mass is 16.5. The molecule has 1 aliphatic rings. The SMILES string of the molecule is Cc1cc(C)c(Oc2cc(Nc3ccc(C#N)cc3)nc(OCCCN3CCOCC3)c2)c(C)c1. The number of nitrogens with one attached hydrogen (secondary N) is 1. The van der Waals surface area contributed by atoms with E-state index in [-0.39, 0.29) is 0 Å². The maximum absolute atomic E-state index is 9.05. The third kappa shape index (κ3) is 6.95. The Labute approximate surface area is 207 Å². The Kier molecular flexibility index (Phi) is 8.19. The molecule has 4 rings (SSSR count). The molecule has 0 saturated carbocycles. The molecule has 1 N–H and O–H groups in total. The number of rotatable bonds is 9. The van der Waals surface area contributed by atoms with E-state index in [1.807, 2.05) is 24.3 Å². The van der Waals surface area contributed by atoms with Crippen LogP contribution in [0.4, 0.5) is 11.5 Å². The number of aromatic nitrogens is 1. The van der Waals surface area contributed by atoms with Crippen molar-refractivity contribution in [3.8, 4) is 23.4 Å². The van der Waals surface area contributed by atoms with Gasteiger partial charge in [-0.3, -0.25) is 4.90 Å². The Hall–Kier alpha value is -3.60. The predicted molar refractivity (Wildman–Crippen MR) is 137 cm³/mol. The Morgan fingerprint density at radius 1 is 1.03 bits per heavy atom. The molecule has 35 heavy (non-hydrogen) atoms. The van der Waals surface area contributed by atoms with Crippen LogP contribution in [0.2, 0.25) is 0 Å². The first kappa shape index (κ1) is 24.5. The summed E-state index contributed by atoms with van der Waals surface area (Å²) in [5.41, 5.74) is 4.79. The molecular formula is C28H32N4O3. The molecule has 2 heterocycles.